The Morgan fingerprint density at radius 2 is 1.88 bits per heavy atom. The maximum Gasteiger partial charge on any atom is 0.232 e. The van der Waals surface area contributed by atoms with Gasteiger partial charge in [0.05, 0.1) is 0 Å². The van der Waals surface area contributed by atoms with Gasteiger partial charge in [-0.05, 0) is 43.5 Å². The van der Waals surface area contributed by atoms with Crippen LogP contribution in [0.5, 0.6) is 0 Å². The van der Waals surface area contributed by atoms with Gasteiger partial charge >= 0.3 is 0 Å². The third kappa shape index (κ3) is 3.79. The maximum absolute atomic E-state index is 12.8. The molecule has 3 aromatic rings. The summed E-state index contributed by atoms with van der Waals surface area (Å²) in [4.78, 5) is 8.18. The minimum atomic E-state index is -3.71. The summed E-state index contributed by atoms with van der Waals surface area (Å²) >= 11 is 0. The number of rotatable bonds is 6. The Morgan fingerprint density at radius 3 is 2.56 bits per heavy atom. The number of hydrogen-bond acceptors (Lipinski definition) is 6. The smallest absolute Gasteiger partial charge is 0.232 e. The molecule has 2 heterocycles. The Balaban J connectivity index is 1.94. The summed E-state index contributed by atoms with van der Waals surface area (Å²) in [6.07, 6.45) is 4.60. The standard InChI is InChI=1S/C17H20N4O3S/c1-4-5-16-19-15(20-24-16)11-25(22,23)17-18-6-7-21(17)14-9-12(2)8-13(3)10-14/h6-10H,4-5,11H2,1-3H3. The predicted molar refractivity (Wildman–Crippen MR) is 92.2 cm³/mol. The van der Waals surface area contributed by atoms with Gasteiger partial charge in [-0.1, -0.05) is 18.1 Å². The van der Waals surface area contributed by atoms with Crippen LogP contribution in [0.25, 0.3) is 5.69 Å². The molecule has 0 saturated carbocycles. The molecular formula is C17H20N4O3S. The average Bonchev–Trinajstić information content (AvgIpc) is 3.16. The maximum atomic E-state index is 12.8. The number of nitrogens with zero attached hydrogens (tertiary/aromatic N) is 4. The molecule has 1 aromatic carbocycles. The largest absolute Gasteiger partial charge is 0.339 e. The highest BCUT2D eigenvalue weighted by Crippen LogP contribution is 2.20. The van der Waals surface area contributed by atoms with Gasteiger partial charge in [-0.2, -0.15) is 4.98 Å². The van der Waals surface area contributed by atoms with E-state index in [9.17, 15) is 8.42 Å². The van der Waals surface area contributed by atoms with Crippen LogP contribution in [-0.4, -0.2) is 28.1 Å². The third-order valence-corrected chi connectivity index (χ3v) is 5.16. The van der Waals surface area contributed by atoms with Crippen LogP contribution in [0.3, 0.4) is 0 Å². The molecule has 0 radical (unpaired) electrons. The number of aromatic nitrogens is 4. The van der Waals surface area contributed by atoms with E-state index in [1.807, 2.05) is 39.0 Å². The summed E-state index contributed by atoms with van der Waals surface area (Å²) in [5, 5.41) is 3.73. The number of benzene rings is 1. The van der Waals surface area contributed by atoms with Gasteiger partial charge in [0.1, 0.15) is 5.75 Å². The topological polar surface area (TPSA) is 90.9 Å². The molecule has 7 nitrogen and oxygen atoms in total. The van der Waals surface area contributed by atoms with E-state index in [0.717, 1.165) is 23.2 Å². The molecule has 0 aliphatic carbocycles. The third-order valence-electron chi connectivity index (χ3n) is 3.66. The molecule has 0 amide bonds. The van der Waals surface area contributed by atoms with E-state index < -0.39 is 9.84 Å². The highest BCUT2D eigenvalue weighted by molar-refractivity contribution is 7.90. The molecule has 0 saturated heterocycles. The number of hydrogen-bond donors (Lipinski definition) is 0. The molecule has 0 N–H and O–H groups in total. The van der Waals surface area contributed by atoms with Gasteiger partial charge in [0.2, 0.25) is 20.9 Å². The highest BCUT2D eigenvalue weighted by atomic mass is 32.2. The molecule has 0 bridgehead atoms. The molecular weight excluding hydrogens is 340 g/mol. The highest BCUT2D eigenvalue weighted by Gasteiger charge is 2.25. The van der Waals surface area contributed by atoms with Crippen LogP contribution >= 0.6 is 0 Å². The lowest BCUT2D eigenvalue weighted by Gasteiger charge is -2.09. The quantitative estimate of drug-likeness (QED) is 0.671. The van der Waals surface area contributed by atoms with Crippen molar-refractivity contribution < 1.29 is 12.9 Å². The average molecular weight is 360 g/mol. The van der Waals surface area contributed by atoms with Crippen molar-refractivity contribution in [2.75, 3.05) is 0 Å². The Morgan fingerprint density at radius 1 is 1.16 bits per heavy atom. The van der Waals surface area contributed by atoms with Crippen LogP contribution in [0.4, 0.5) is 0 Å². The summed E-state index contributed by atoms with van der Waals surface area (Å²) < 4.78 is 32.2. The van der Waals surface area contributed by atoms with Gasteiger partial charge in [0.25, 0.3) is 0 Å². The van der Waals surface area contributed by atoms with Gasteiger partial charge in [-0.15, -0.1) is 0 Å². The van der Waals surface area contributed by atoms with Crippen LogP contribution in [-0.2, 0) is 22.0 Å². The molecule has 25 heavy (non-hydrogen) atoms. The van der Waals surface area contributed by atoms with Crippen molar-refractivity contribution in [3.05, 3.63) is 53.4 Å². The Bertz CT molecular complexity index is 969. The first-order chi connectivity index (χ1) is 11.9. The summed E-state index contributed by atoms with van der Waals surface area (Å²) in [6.45, 7) is 5.92. The summed E-state index contributed by atoms with van der Waals surface area (Å²) in [5.74, 6) is 0.256. The van der Waals surface area contributed by atoms with Crippen LogP contribution in [0.15, 0.2) is 40.3 Å². The van der Waals surface area contributed by atoms with E-state index in [1.54, 1.807) is 10.8 Å². The second-order valence-electron chi connectivity index (χ2n) is 6.04. The van der Waals surface area contributed by atoms with Crippen molar-refractivity contribution in [1.29, 1.82) is 0 Å². The van der Waals surface area contributed by atoms with Crippen molar-refractivity contribution >= 4 is 9.84 Å². The summed E-state index contributed by atoms with van der Waals surface area (Å²) in [7, 11) is -3.71. The second-order valence-corrected chi connectivity index (χ2v) is 7.92. The summed E-state index contributed by atoms with van der Waals surface area (Å²) in [6, 6.07) is 5.87. The molecule has 0 fully saturated rings. The molecule has 2 aromatic heterocycles. The lowest BCUT2D eigenvalue weighted by atomic mass is 10.1. The zero-order valence-electron chi connectivity index (χ0n) is 14.4. The number of sulfone groups is 1. The molecule has 0 atom stereocenters. The van der Waals surface area contributed by atoms with Crippen LogP contribution in [0.2, 0.25) is 0 Å². The molecule has 0 aliphatic rings. The molecule has 0 spiro atoms. The fourth-order valence-corrected chi connectivity index (χ4v) is 3.98. The second kappa shape index (κ2) is 6.79. The van der Waals surface area contributed by atoms with E-state index in [0.29, 0.717) is 12.3 Å². The minimum absolute atomic E-state index is 0.0284. The zero-order valence-corrected chi connectivity index (χ0v) is 15.2. The fourth-order valence-electron chi connectivity index (χ4n) is 2.70. The van der Waals surface area contributed by atoms with E-state index in [2.05, 4.69) is 15.1 Å². The van der Waals surface area contributed by atoms with E-state index in [4.69, 9.17) is 4.52 Å². The molecule has 132 valence electrons. The van der Waals surface area contributed by atoms with Gasteiger partial charge < -0.3 is 4.52 Å². The van der Waals surface area contributed by atoms with Gasteiger partial charge in [0, 0.05) is 24.5 Å². The normalized spacial score (nSPS) is 11.8. The van der Waals surface area contributed by atoms with Crippen LogP contribution < -0.4 is 0 Å². The van der Waals surface area contributed by atoms with Crippen molar-refractivity contribution in [3.8, 4) is 5.69 Å². The van der Waals surface area contributed by atoms with Crippen molar-refractivity contribution in [2.45, 2.75) is 44.5 Å². The Kier molecular flexibility index (Phi) is 4.71. The predicted octanol–water partition coefficient (Wildman–Crippen LogP) is 2.80. The monoisotopic (exact) mass is 360 g/mol. The Hall–Kier alpha value is -2.48. The van der Waals surface area contributed by atoms with Crippen LogP contribution in [0, 0.1) is 13.8 Å². The first-order valence-electron chi connectivity index (χ1n) is 8.05. The SMILES string of the molecule is CCCc1nc(CS(=O)(=O)c2nccn2-c2cc(C)cc(C)c2)no1. The molecule has 0 unspecified atom stereocenters. The van der Waals surface area contributed by atoms with Gasteiger partial charge in [-0.3, -0.25) is 4.57 Å². The lowest BCUT2D eigenvalue weighted by Crippen LogP contribution is -2.13. The Labute approximate surface area is 146 Å². The summed E-state index contributed by atoms with van der Waals surface area (Å²) in [5.41, 5.74) is 2.86. The number of imidazole rings is 1. The van der Waals surface area contributed by atoms with Crippen molar-refractivity contribution in [3.63, 3.8) is 0 Å². The van der Waals surface area contributed by atoms with Gasteiger partial charge in [-0.25, -0.2) is 13.4 Å². The van der Waals surface area contributed by atoms with Gasteiger partial charge in [0.15, 0.2) is 5.82 Å². The zero-order chi connectivity index (χ0) is 18.0. The van der Waals surface area contributed by atoms with E-state index in [1.165, 1.54) is 6.20 Å². The first kappa shape index (κ1) is 17.3. The lowest BCUT2D eigenvalue weighted by molar-refractivity contribution is 0.373. The number of aryl methyl sites for hydroxylation is 3. The molecule has 0 aliphatic heterocycles. The fraction of sp³-hybridized carbons (Fsp3) is 0.353. The van der Waals surface area contributed by atoms with Crippen molar-refractivity contribution in [2.24, 2.45) is 0 Å². The van der Waals surface area contributed by atoms with E-state index >= 15 is 0 Å². The van der Waals surface area contributed by atoms with E-state index in [-0.39, 0.29) is 16.7 Å². The molecule has 3 rings (SSSR count). The molecule has 8 heteroatoms. The van der Waals surface area contributed by atoms with Crippen molar-refractivity contribution in [1.82, 2.24) is 19.7 Å². The first-order valence-corrected chi connectivity index (χ1v) is 9.70. The minimum Gasteiger partial charge on any atom is -0.339 e. The van der Waals surface area contributed by atoms with Crippen LogP contribution in [0.1, 0.15) is 36.2 Å².